The Bertz CT molecular complexity index is 551. The van der Waals surface area contributed by atoms with Crippen LogP contribution >= 0.6 is 0 Å². The molecular weight excluding hydrogens is 230 g/mol. The highest BCUT2D eigenvalue weighted by Gasteiger charge is 2.33. The number of amidine groups is 1. The molecule has 0 aromatic carbocycles. The quantitative estimate of drug-likeness (QED) is 0.724. The van der Waals surface area contributed by atoms with E-state index in [4.69, 9.17) is 5.73 Å². The van der Waals surface area contributed by atoms with Gasteiger partial charge in [-0.15, -0.1) is 4.40 Å². The molecule has 1 aliphatic rings. The van der Waals surface area contributed by atoms with E-state index in [2.05, 4.69) is 14.4 Å². The Balaban J connectivity index is 2.73. The van der Waals surface area contributed by atoms with E-state index < -0.39 is 10.2 Å². The zero-order valence-corrected chi connectivity index (χ0v) is 9.64. The number of fused-ring (bicyclic) bond motifs is 1. The molecule has 0 radical (unpaired) electrons. The Morgan fingerprint density at radius 1 is 1.44 bits per heavy atom. The van der Waals surface area contributed by atoms with Crippen molar-refractivity contribution in [3.8, 4) is 0 Å². The third-order valence-electron chi connectivity index (χ3n) is 2.11. The second-order valence-corrected chi connectivity index (χ2v) is 5.08. The van der Waals surface area contributed by atoms with Gasteiger partial charge in [0.15, 0.2) is 11.7 Å². The van der Waals surface area contributed by atoms with Crippen molar-refractivity contribution in [2.24, 2.45) is 10.1 Å². The summed E-state index contributed by atoms with van der Waals surface area (Å²) in [5.74, 6) is 0.199. The van der Waals surface area contributed by atoms with E-state index >= 15 is 0 Å². The fraction of sp³-hybridized carbons (Fsp3) is 0.375. The van der Waals surface area contributed by atoms with Crippen LogP contribution < -0.4 is 10.0 Å². The first kappa shape index (κ1) is 10.8. The number of hydrogen-bond donors (Lipinski definition) is 1. The molecule has 2 heterocycles. The number of anilines is 1. The molecule has 0 amide bonds. The fourth-order valence-corrected chi connectivity index (χ4v) is 2.85. The van der Waals surface area contributed by atoms with E-state index in [1.807, 2.05) is 0 Å². The minimum absolute atomic E-state index is 0.0764. The fourth-order valence-electron chi connectivity index (χ4n) is 1.52. The van der Waals surface area contributed by atoms with E-state index in [-0.39, 0.29) is 17.7 Å². The van der Waals surface area contributed by atoms with E-state index in [1.54, 1.807) is 13.8 Å². The van der Waals surface area contributed by atoms with Crippen LogP contribution in [-0.4, -0.2) is 30.3 Å². The molecule has 0 bridgehead atoms. The molecule has 2 N–H and O–H groups in total. The molecule has 0 saturated heterocycles. The Kier molecular flexibility index (Phi) is 2.30. The number of rotatable bonds is 1. The maximum absolute atomic E-state index is 11.8. The Hall–Kier alpha value is -1.70. The van der Waals surface area contributed by atoms with Gasteiger partial charge in [0.25, 0.3) is 0 Å². The SMILES string of the molecule is CC(C)N1c2ncncc2C(N)=NS1(=O)=O. The zero-order chi connectivity index (χ0) is 11.9. The summed E-state index contributed by atoms with van der Waals surface area (Å²) in [6.45, 7) is 3.47. The molecule has 0 spiro atoms. The Morgan fingerprint density at radius 2 is 2.12 bits per heavy atom. The summed E-state index contributed by atoms with van der Waals surface area (Å²) in [5.41, 5.74) is 5.98. The molecule has 16 heavy (non-hydrogen) atoms. The molecule has 0 unspecified atom stereocenters. The van der Waals surface area contributed by atoms with Crippen molar-refractivity contribution in [3.63, 3.8) is 0 Å². The lowest BCUT2D eigenvalue weighted by Crippen LogP contribution is -2.42. The molecule has 0 aliphatic carbocycles. The van der Waals surface area contributed by atoms with Crippen molar-refractivity contribution >= 4 is 21.9 Å². The molecule has 86 valence electrons. The largest absolute Gasteiger partial charge is 0.382 e. The third kappa shape index (κ3) is 1.51. The van der Waals surface area contributed by atoms with Gasteiger partial charge in [-0.3, -0.25) is 0 Å². The predicted molar refractivity (Wildman–Crippen MR) is 59.3 cm³/mol. The summed E-state index contributed by atoms with van der Waals surface area (Å²) in [5, 5.41) is 0. The molecule has 0 fully saturated rings. The van der Waals surface area contributed by atoms with Crippen molar-refractivity contribution in [3.05, 3.63) is 18.1 Å². The van der Waals surface area contributed by atoms with Crippen LogP contribution in [0.25, 0.3) is 0 Å². The second-order valence-electron chi connectivity index (χ2n) is 3.60. The van der Waals surface area contributed by atoms with Gasteiger partial charge in [-0.2, -0.15) is 8.42 Å². The van der Waals surface area contributed by atoms with E-state index in [0.717, 1.165) is 4.31 Å². The summed E-state index contributed by atoms with van der Waals surface area (Å²) in [6, 6.07) is -0.282. The second kappa shape index (κ2) is 3.41. The summed E-state index contributed by atoms with van der Waals surface area (Å²) in [4.78, 5) is 7.74. The van der Waals surface area contributed by atoms with Crippen molar-refractivity contribution in [1.29, 1.82) is 0 Å². The maximum Gasteiger partial charge on any atom is 0.348 e. The monoisotopic (exact) mass is 241 g/mol. The van der Waals surface area contributed by atoms with Crippen molar-refractivity contribution in [2.45, 2.75) is 19.9 Å². The summed E-state index contributed by atoms with van der Waals surface area (Å²) < 4.78 is 28.2. The average Bonchev–Trinajstić information content (AvgIpc) is 2.15. The standard InChI is InChI=1S/C8H11N5O2S/c1-5(2)13-8-6(3-10-4-11-8)7(9)12-16(13,14)15/h3-5H,1-2H3,(H2,9,12). The lowest BCUT2D eigenvalue weighted by atomic mass is 10.2. The molecule has 0 saturated carbocycles. The van der Waals surface area contributed by atoms with Crippen molar-refractivity contribution in [1.82, 2.24) is 9.97 Å². The van der Waals surface area contributed by atoms with Crippen LogP contribution in [0.4, 0.5) is 5.82 Å². The van der Waals surface area contributed by atoms with Gasteiger partial charge in [0.1, 0.15) is 6.33 Å². The highest BCUT2D eigenvalue weighted by molar-refractivity contribution is 7.91. The summed E-state index contributed by atoms with van der Waals surface area (Å²) in [7, 11) is -3.78. The first-order valence-corrected chi connectivity index (χ1v) is 6.03. The Labute approximate surface area is 93.2 Å². The molecule has 0 atom stereocenters. The molecular formula is C8H11N5O2S. The number of nitrogens with zero attached hydrogens (tertiary/aromatic N) is 4. The van der Waals surface area contributed by atoms with Gasteiger partial charge in [-0.1, -0.05) is 0 Å². The van der Waals surface area contributed by atoms with E-state index in [1.165, 1.54) is 12.5 Å². The predicted octanol–water partition coefficient (Wildman–Crippen LogP) is -0.345. The molecule has 8 heteroatoms. The molecule has 1 aromatic rings. The average molecular weight is 241 g/mol. The normalized spacial score (nSPS) is 18.2. The van der Waals surface area contributed by atoms with Gasteiger partial charge in [0.05, 0.1) is 5.56 Å². The summed E-state index contributed by atoms with van der Waals surface area (Å²) in [6.07, 6.45) is 2.73. The van der Waals surface area contributed by atoms with E-state index in [0.29, 0.717) is 5.56 Å². The number of nitrogens with two attached hydrogens (primary N) is 1. The maximum atomic E-state index is 11.8. The van der Waals surface area contributed by atoms with Gasteiger partial charge < -0.3 is 5.73 Å². The van der Waals surface area contributed by atoms with Gasteiger partial charge in [-0.05, 0) is 13.8 Å². The highest BCUT2D eigenvalue weighted by Crippen LogP contribution is 2.27. The van der Waals surface area contributed by atoms with Crippen LogP contribution in [-0.2, 0) is 10.2 Å². The first-order valence-electron chi connectivity index (χ1n) is 4.63. The van der Waals surface area contributed by atoms with Crippen molar-refractivity contribution in [2.75, 3.05) is 4.31 Å². The Morgan fingerprint density at radius 3 is 2.75 bits per heavy atom. The van der Waals surface area contributed by atoms with Crippen LogP contribution in [0.2, 0.25) is 0 Å². The minimum Gasteiger partial charge on any atom is -0.382 e. The smallest absolute Gasteiger partial charge is 0.348 e. The topological polar surface area (TPSA) is 102 Å². The van der Waals surface area contributed by atoms with Crippen LogP contribution in [0.3, 0.4) is 0 Å². The van der Waals surface area contributed by atoms with Crippen LogP contribution in [0.5, 0.6) is 0 Å². The van der Waals surface area contributed by atoms with Gasteiger partial charge in [0, 0.05) is 12.2 Å². The molecule has 1 aliphatic heterocycles. The first-order chi connectivity index (χ1) is 7.43. The van der Waals surface area contributed by atoms with Gasteiger partial charge in [0.2, 0.25) is 0 Å². The molecule has 1 aromatic heterocycles. The summed E-state index contributed by atoms with van der Waals surface area (Å²) >= 11 is 0. The molecule has 7 nitrogen and oxygen atoms in total. The number of aromatic nitrogens is 2. The molecule has 2 rings (SSSR count). The van der Waals surface area contributed by atoms with Crippen LogP contribution in [0.1, 0.15) is 19.4 Å². The number of hydrogen-bond acceptors (Lipinski definition) is 5. The van der Waals surface area contributed by atoms with Crippen molar-refractivity contribution < 1.29 is 8.42 Å². The van der Waals surface area contributed by atoms with Crippen LogP contribution in [0.15, 0.2) is 16.9 Å². The third-order valence-corrected chi connectivity index (χ3v) is 3.63. The van der Waals surface area contributed by atoms with Gasteiger partial charge in [-0.25, -0.2) is 14.3 Å². The van der Waals surface area contributed by atoms with Gasteiger partial charge >= 0.3 is 10.2 Å². The minimum atomic E-state index is -3.78. The van der Waals surface area contributed by atoms with E-state index in [9.17, 15) is 8.42 Å². The van der Waals surface area contributed by atoms with Crippen LogP contribution in [0, 0.1) is 0 Å². The lowest BCUT2D eigenvalue weighted by molar-refractivity contribution is 0.584. The zero-order valence-electron chi connectivity index (χ0n) is 8.82. The lowest BCUT2D eigenvalue weighted by Gasteiger charge is -2.29. The highest BCUT2D eigenvalue weighted by atomic mass is 32.2.